The van der Waals surface area contributed by atoms with E-state index in [4.69, 9.17) is 5.11 Å². The van der Waals surface area contributed by atoms with Gasteiger partial charge in [-0.1, -0.05) is 0 Å². The zero-order valence-corrected chi connectivity index (χ0v) is 11.8. The molecule has 0 aliphatic carbocycles. The van der Waals surface area contributed by atoms with Crippen molar-refractivity contribution in [3.63, 3.8) is 0 Å². The zero-order valence-electron chi connectivity index (χ0n) is 11.0. The van der Waals surface area contributed by atoms with E-state index in [0.29, 0.717) is 12.1 Å². The number of carboxylic acids is 1. The second-order valence-corrected chi connectivity index (χ2v) is 6.49. The molecule has 1 aromatic carbocycles. The molecule has 0 aliphatic heterocycles. The minimum Gasteiger partial charge on any atom is -0.478 e. The maximum Gasteiger partial charge on any atom is 0.338 e. The van der Waals surface area contributed by atoms with E-state index in [9.17, 15) is 22.0 Å². The number of nitrogens with one attached hydrogen (secondary N) is 2. The molecular formula is C11H14F2N2O4S. The Hall–Kier alpha value is -1.74. The average molecular weight is 308 g/mol. The van der Waals surface area contributed by atoms with Crippen molar-refractivity contribution in [2.75, 3.05) is 4.72 Å². The molecule has 0 atom stereocenters. The molecule has 1 aromatic rings. The van der Waals surface area contributed by atoms with Crippen molar-refractivity contribution < 1.29 is 27.1 Å². The lowest BCUT2D eigenvalue weighted by Crippen LogP contribution is -2.43. The Morgan fingerprint density at radius 2 is 1.75 bits per heavy atom. The largest absolute Gasteiger partial charge is 0.478 e. The highest BCUT2D eigenvalue weighted by molar-refractivity contribution is 7.90. The number of hydrogen-bond donors (Lipinski definition) is 3. The van der Waals surface area contributed by atoms with Gasteiger partial charge in [0.1, 0.15) is 11.6 Å². The van der Waals surface area contributed by atoms with Crippen LogP contribution in [0, 0.1) is 11.6 Å². The van der Waals surface area contributed by atoms with Crippen LogP contribution in [0.2, 0.25) is 0 Å². The highest BCUT2D eigenvalue weighted by Gasteiger charge is 2.22. The summed E-state index contributed by atoms with van der Waals surface area (Å²) in [5.74, 6) is -4.14. The fourth-order valence-electron chi connectivity index (χ4n) is 1.36. The topological polar surface area (TPSA) is 95.5 Å². The summed E-state index contributed by atoms with van der Waals surface area (Å²) in [4.78, 5) is 10.7. The van der Waals surface area contributed by atoms with E-state index in [2.05, 4.69) is 4.72 Å². The third-order valence-corrected chi connectivity index (χ3v) is 3.34. The van der Waals surface area contributed by atoms with E-state index in [-0.39, 0.29) is 0 Å². The number of rotatable bonds is 4. The Morgan fingerprint density at radius 3 is 2.20 bits per heavy atom. The maximum absolute atomic E-state index is 13.5. The Bertz CT molecular complexity index is 639. The van der Waals surface area contributed by atoms with Crippen molar-refractivity contribution in [1.29, 1.82) is 0 Å². The molecule has 0 radical (unpaired) electrons. The number of benzene rings is 1. The summed E-state index contributed by atoms with van der Waals surface area (Å²) in [5, 5.41) is 8.71. The number of aromatic carboxylic acids is 1. The lowest BCUT2D eigenvalue weighted by molar-refractivity contribution is 0.0692. The van der Waals surface area contributed by atoms with Crippen LogP contribution in [-0.4, -0.2) is 25.0 Å². The van der Waals surface area contributed by atoms with Gasteiger partial charge in [-0.3, -0.25) is 4.72 Å². The molecule has 0 spiro atoms. The smallest absolute Gasteiger partial charge is 0.338 e. The highest BCUT2D eigenvalue weighted by Crippen LogP contribution is 2.21. The first kappa shape index (κ1) is 16.3. The van der Waals surface area contributed by atoms with Crippen LogP contribution < -0.4 is 9.44 Å². The van der Waals surface area contributed by atoms with Crippen molar-refractivity contribution in [3.8, 4) is 0 Å². The SMILES string of the molecule is CC(C)(C)NS(=O)(=O)Nc1cc(C(=O)O)c(F)cc1F. The lowest BCUT2D eigenvalue weighted by atomic mass is 10.1. The molecule has 20 heavy (non-hydrogen) atoms. The van der Waals surface area contributed by atoms with E-state index < -0.39 is 44.6 Å². The molecule has 0 aromatic heterocycles. The average Bonchev–Trinajstić information content (AvgIpc) is 2.17. The van der Waals surface area contributed by atoms with Gasteiger partial charge in [0.15, 0.2) is 0 Å². The Kier molecular flexibility index (Phi) is 4.35. The minimum atomic E-state index is -4.13. The van der Waals surface area contributed by atoms with Gasteiger partial charge in [0.05, 0.1) is 11.3 Å². The molecule has 3 N–H and O–H groups in total. The molecule has 6 nitrogen and oxygen atoms in total. The molecule has 0 saturated carbocycles. The van der Waals surface area contributed by atoms with E-state index in [1.165, 1.54) is 0 Å². The number of carbonyl (C=O) groups is 1. The second-order valence-electron chi connectivity index (χ2n) is 5.07. The monoisotopic (exact) mass is 308 g/mol. The first-order valence-electron chi connectivity index (χ1n) is 5.45. The summed E-state index contributed by atoms with van der Waals surface area (Å²) >= 11 is 0. The van der Waals surface area contributed by atoms with Gasteiger partial charge in [0.25, 0.3) is 10.2 Å². The molecule has 112 valence electrons. The predicted molar refractivity (Wildman–Crippen MR) is 68.7 cm³/mol. The van der Waals surface area contributed by atoms with Gasteiger partial charge in [-0.05, 0) is 26.8 Å². The summed E-state index contributed by atoms with van der Waals surface area (Å²) in [6.07, 6.45) is 0. The second kappa shape index (κ2) is 5.33. The highest BCUT2D eigenvalue weighted by atomic mass is 32.2. The molecule has 0 heterocycles. The Morgan fingerprint density at radius 1 is 1.20 bits per heavy atom. The summed E-state index contributed by atoms with van der Waals surface area (Å²) in [7, 11) is -4.13. The fourth-order valence-corrected chi connectivity index (χ4v) is 2.67. The van der Waals surface area contributed by atoms with Gasteiger partial charge in [-0.25, -0.2) is 13.6 Å². The molecule has 0 unspecified atom stereocenters. The Labute approximate surface area is 115 Å². The fraction of sp³-hybridized carbons (Fsp3) is 0.364. The van der Waals surface area contributed by atoms with Gasteiger partial charge >= 0.3 is 5.97 Å². The molecule has 0 amide bonds. The van der Waals surface area contributed by atoms with Crippen LogP contribution in [0.15, 0.2) is 12.1 Å². The molecule has 0 bridgehead atoms. The van der Waals surface area contributed by atoms with Crippen molar-refractivity contribution in [3.05, 3.63) is 29.3 Å². The molecule has 9 heteroatoms. The van der Waals surface area contributed by atoms with E-state index in [1.54, 1.807) is 20.8 Å². The first-order valence-corrected chi connectivity index (χ1v) is 6.94. The molecule has 0 fully saturated rings. The van der Waals surface area contributed by atoms with Crippen LogP contribution in [0.25, 0.3) is 0 Å². The number of hydrogen-bond acceptors (Lipinski definition) is 3. The zero-order chi connectivity index (χ0) is 15.7. The maximum atomic E-state index is 13.5. The van der Waals surface area contributed by atoms with Crippen molar-refractivity contribution in [2.24, 2.45) is 0 Å². The van der Waals surface area contributed by atoms with Gasteiger partial charge in [-0.15, -0.1) is 0 Å². The van der Waals surface area contributed by atoms with Crippen LogP contribution in [0.5, 0.6) is 0 Å². The van der Waals surface area contributed by atoms with E-state index >= 15 is 0 Å². The van der Waals surface area contributed by atoms with E-state index in [1.807, 2.05) is 4.72 Å². The Balaban J connectivity index is 3.16. The van der Waals surface area contributed by atoms with Crippen molar-refractivity contribution >= 4 is 21.9 Å². The summed E-state index contributed by atoms with van der Waals surface area (Å²) in [6, 6.07) is 0.882. The van der Waals surface area contributed by atoms with Crippen molar-refractivity contribution in [2.45, 2.75) is 26.3 Å². The predicted octanol–water partition coefficient (Wildman–Crippen LogP) is 1.71. The number of anilines is 1. The first-order chi connectivity index (χ1) is 8.91. The third kappa shape index (κ3) is 4.42. The summed E-state index contributed by atoms with van der Waals surface area (Å²) in [5.41, 5.74) is -2.31. The molecule has 0 aliphatic rings. The summed E-state index contributed by atoms with van der Waals surface area (Å²) < 4.78 is 54.1. The van der Waals surface area contributed by atoms with Crippen molar-refractivity contribution in [1.82, 2.24) is 4.72 Å². The molecule has 1 rings (SSSR count). The number of halogens is 2. The quantitative estimate of drug-likeness (QED) is 0.789. The van der Waals surface area contributed by atoms with Gasteiger partial charge in [-0.2, -0.15) is 13.1 Å². The van der Waals surface area contributed by atoms with Crippen LogP contribution in [0.3, 0.4) is 0 Å². The lowest BCUT2D eigenvalue weighted by Gasteiger charge is -2.21. The standard InChI is InChI=1S/C11H14F2N2O4S/c1-11(2,3)15-20(18,19)14-9-4-6(10(16)17)7(12)5-8(9)13/h4-5,14-15H,1-3H3,(H,16,17). The van der Waals surface area contributed by atoms with Gasteiger partial charge < -0.3 is 5.11 Å². The van der Waals surface area contributed by atoms with Crippen LogP contribution in [0.1, 0.15) is 31.1 Å². The van der Waals surface area contributed by atoms with Gasteiger partial charge in [0, 0.05) is 11.6 Å². The summed E-state index contributed by atoms with van der Waals surface area (Å²) in [6.45, 7) is 4.70. The number of carboxylic acid groups (broad SMARTS) is 1. The van der Waals surface area contributed by atoms with Gasteiger partial charge in [0.2, 0.25) is 0 Å². The minimum absolute atomic E-state index is 0.304. The van der Waals surface area contributed by atoms with Crippen LogP contribution in [-0.2, 0) is 10.2 Å². The van der Waals surface area contributed by atoms with Crippen LogP contribution >= 0.6 is 0 Å². The third-order valence-electron chi connectivity index (χ3n) is 1.97. The van der Waals surface area contributed by atoms with E-state index in [0.717, 1.165) is 0 Å². The normalized spacial score (nSPS) is 12.2. The molecular weight excluding hydrogens is 294 g/mol. The van der Waals surface area contributed by atoms with Crippen LogP contribution in [0.4, 0.5) is 14.5 Å². The molecule has 0 saturated heterocycles.